The van der Waals surface area contributed by atoms with Crippen LogP contribution in [0.4, 0.5) is 4.39 Å². The van der Waals surface area contributed by atoms with Gasteiger partial charge >= 0.3 is 0 Å². The van der Waals surface area contributed by atoms with Crippen molar-refractivity contribution < 1.29 is 19.0 Å². The van der Waals surface area contributed by atoms with E-state index in [1.165, 1.54) is 23.9 Å². The van der Waals surface area contributed by atoms with E-state index >= 15 is 0 Å². The molecule has 0 fully saturated rings. The molecule has 0 heterocycles. The zero-order valence-electron chi connectivity index (χ0n) is 11.0. The van der Waals surface area contributed by atoms with E-state index in [4.69, 9.17) is 4.74 Å². The molecule has 0 saturated carbocycles. The van der Waals surface area contributed by atoms with Gasteiger partial charge in [0, 0.05) is 12.3 Å². The summed E-state index contributed by atoms with van der Waals surface area (Å²) in [5, 5.41) is 12.4. The minimum atomic E-state index is -0.965. The minimum Gasteiger partial charge on any atom is -0.481 e. The van der Waals surface area contributed by atoms with E-state index in [9.17, 15) is 14.3 Å². The van der Waals surface area contributed by atoms with Crippen molar-refractivity contribution in [3.8, 4) is 5.75 Å². The third kappa shape index (κ3) is 5.94. The van der Waals surface area contributed by atoms with Gasteiger partial charge in [-0.3, -0.25) is 4.79 Å². The van der Waals surface area contributed by atoms with Crippen molar-refractivity contribution in [1.82, 2.24) is 5.32 Å². The fourth-order valence-electron chi connectivity index (χ4n) is 1.41. The van der Waals surface area contributed by atoms with Gasteiger partial charge in [-0.05, 0) is 25.3 Å². The summed E-state index contributed by atoms with van der Waals surface area (Å²) in [6, 6.07) is 5.88. The first-order valence-electron chi connectivity index (χ1n) is 5.80. The van der Waals surface area contributed by atoms with Crippen LogP contribution in [-0.4, -0.2) is 41.8 Å². The van der Waals surface area contributed by atoms with E-state index in [1.54, 1.807) is 19.1 Å². The Kier molecular flexibility index (Phi) is 6.11. The first-order chi connectivity index (χ1) is 8.94. The topological polar surface area (TPSA) is 58.6 Å². The van der Waals surface area contributed by atoms with Crippen LogP contribution in [0.3, 0.4) is 0 Å². The Labute approximate surface area is 116 Å². The van der Waals surface area contributed by atoms with Crippen molar-refractivity contribution in [2.75, 3.05) is 25.2 Å². The number of hydrogen-bond donors (Lipinski definition) is 2. The van der Waals surface area contributed by atoms with E-state index in [0.29, 0.717) is 5.75 Å². The Morgan fingerprint density at radius 3 is 2.84 bits per heavy atom. The largest absolute Gasteiger partial charge is 0.481 e. The smallest absolute Gasteiger partial charge is 0.258 e. The number of para-hydroxylation sites is 1. The lowest BCUT2D eigenvalue weighted by Gasteiger charge is -2.22. The molecule has 106 valence electrons. The highest BCUT2D eigenvalue weighted by Gasteiger charge is 2.20. The lowest BCUT2D eigenvalue weighted by atomic mass is 10.1. The molecule has 0 aromatic heterocycles. The lowest BCUT2D eigenvalue weighted by Crippen LogP contribution is -2.43. The predicted octanol–water partition coefficient (Wildman–Crippen LogP) is 1.43. The molecule has 0 spiro atoms. The average Bonchev–Trinajstić information content (AvgIpc) is 2.35. The van der Waals surface area contributed by atoms with E-state index < -0.39 is 17.3 Å². The summed E-state index contributed by atoms with van der Waals surface area (Å²) >= 11 is 1.49. The van der Waals surface area contributed by atoms with Gasteiger partial charge < -0.3 is 15.2 Å². The number of hydrogen-bond acceptors (Lipinski definition) is 4. The highest BCUT2D eigenvalue weighted by Crippen LogP contribution is 2.15. The number of nitrogens with one attached hydrogen (secondary N) is 1. The molecule has 1 atom stereocenters. The first kappa shape index (κ1) is 15.8. The summed E-state index contributed by atoms with van der Waals surface area (Å²) in [6.07, 6.45) is 1.87. The quantitative estimate of drug-likeness (QED) is 0.796. The monoisotopic (exact) mass is 287 g/mol. The molecule has 0 aliphatic rings. The number of aliphatic hydroxyl groups is 1. The molecule has 1 unspecified atom stereocenters. The fourth-order valence-corrected chi connectivity index (χ4v) is 2.13. The fraction of sp³-hybridized carbons (Fsp3) is 0.462. The standard InChI is InChI=1S/C13H18FNO3S/c1-13(17,9-19-2)8-15-12(16)7-18-11-6-4-3-5-10(11)14/h3-6,17H,7-9H2,1-2H3,(H,15,16). The minimum absolute atomic E-state index is 0.0357. The number of halogens is 1. The number of rotatable bonds is 7. The molecule has 0 saturated heterocycles. The van der Waals surface area contributed by atoms with Crippen molar-refractivity contribution in [2.24, 2.45) is 0 Å². The summed E-state index contributed by atoms with van der Waals surface area (Å²) in [6.45, 7) is 1.49. The van der Waals surface area contributed by atoms with Crippen molar-refractivity contribution in [3.05, 3.63) is 30.1 Å². The molecule has 4 nitrogen and oxygen atoms in total. The van der Waals surface area contributed by atoms with E-state index in [0.717, 1.165) is 0 Å². The number of thioether (sulfide) groups is 1. The molecular weight excluding hydrogens is 269 g/mol. The zero-order valence-corrected chi connectivity index (χ0v) is 11.8. The predicted molar refractivity (Wildman–Crippen MR) is 73.9 cm³/mol. The maximum absolute atomic E-state index is 13.2. The van der Waals surface area contributed by atoms with Gasteiger partial charge in [0.2, 0.25) is 0 Å². The van der Waals surface area contributed by atoms with Crippen LogP contribution < -0.4 is 10.1 Å². The Morgan fingerprint density at radius 1 is 1.53 bits per heavy atom. The third-order valence-electron chi connectivity index (χ3n) is 2.32. The Hall–Kier alpha value is -1.27. The van der Waals surface area contributed by atoms with E-state index in [-0.39, 0.29) is 18.9 Å². The molecule has 1 amide bonds. The van der Waals surface area contributed by atoms with Crippen LogP contribution in [0.5, 0.6) is 5.75 Å². The van der Waals surface area contributed by atoms with Crippen LogP contribution in [0.2, 0.25) is 0 Å². The molecule has 1 rings (SSSR count). The Morgan fingerprint density at radius 2 is 2.21 bits per heavy atom. The van der Waals surface area contributed by atoms with Gasteiger partial charge in [0.1, 0.15) is 0 Å². The van der Waals surface area contributed by atoms with E-state index in [1.807, 2.05) is 6.26 Å². The second kappa shape index (κ2) is 7.35. The number of benzene rings is 1. The van der Waals surface area contributed by atoms with Crippen LogP contribution in [0.25, 0.3) is 0 Å². The zero-order chi connectivity index (χ0) is 14.3. The Bertz CT molecular complexity index is 426. The molecule has 0 bridgehead atoms. The van der Waals surface area contributed by atoms with Crippen LogP contribution in [0, 0.1) is 5.82 Å². The number of carbonyl (C=O) groups excluding carboxylic acids is 1. The van der Waals surface area contributed by atoms with Crippen LogP contribution >= 0.6 is 11.8 Å². The second-order valence-corrected chi connectivity index (χ2v) is 5.29. The van der Waals surface area contributed by atoms with Gasteiger partial charge in [-0.25, -0.2) is 4.39 Å². The molecule has 0 aliphatic carbocycles. The normalized spacial score (nSPS) is 13.7. The van der Waals surface area contributed by atoms with Crippen LogP contribution in [0.15, 0.2) is 24.3 Å². The number of carbonyl (C=O) groups is 1. The van der Waals surface area contributed by atoms with Crippen LogP contribution in [-0.2, 0) is 4.79 Å². The molecule has 0 aliphatic heterocycles. The number of amides is 1. The maximum Gasteiger partial charge on any atom is 0.258 e. The van der Waals surface area contributed by atoms with Crippen LogP contribution in [0.1, 0.15) is 6.92 Å². The summed E-state index contributed by atoms with van der Waals surface area (Å²) in [4.78, 5) is 11.5. The van der Waals surface area contributed by atoms with Gasteiger partial charge in [-0.15, -0.1) is 0 Å². The summed E-state index contributed by atoms with van der Waals surface area (Å²) in [5.41, 5.74) is -0.965. The molecule has 1 aromatic rings. The molecule has 2 N–H and O–H groups in total. The average molecular weight is 287 g/mol. The van der Waals surface area contributed by atoms with Crippen molar-refractivity contribution >= 4 is 17.7 Å². The summed E-state index contributed by atoms with van der Waals surface area (Å²) in [7, 11) is 0. The molecular formula is C13H18FNO3S. The van der Waals surface area contributed by atoms with Gasteiger partial charge in [-0.2, -0.15) is 11.8 Å². The van der Waals surface area contributed by atoms with Crippen molar-refractivity contribution in [1.29, 1.82) is 0 Å². The highest BCUT2D eigenvalue weighted by atomic mass is 32.2. The van der Waals surface area contributed by atoms with Gasteiger partial charge in [0.25, 0.3) is 5.91 Å². The number of ether oxygens (including phenoxy) is 1. The maximum atomic E-state index is 13.2. The first-order valence-corrected chi connectivity index (χ1v) is 7.19. The lowest BCUT2D eigenvalue weighted by molar-refractivity contribution is -0.124. The van der Waals surface area contributed by atoms with Gasteiger partial charge in [0.15, 0.2) is 18.2 Å². The summed E-state index contributed by atoms with van der Waals surface area (Å²) < 4.78 is 18.3. The Balaban J connectivity index is 2.35. The second-order valence-electron chi connectivity index (χ2n) is 4.43. The SMILES string of the molecule is CSCC(C)(O)CNC(=O)COc1ccccc1F. The molecule has 1 aromatic carbocycles. The van der Waals surface area contributed by atoms with Crippen molar-refractivity contribution in [2.45, 2.75) is 12.5 Å². The molecule has 0 radical (unpaired) electrons. The van der Waals surface area contributed by atoms with Crippen molar-refractivity contribution in [3.63, 3.8) is 0 Å². The van der Waals surface area contributed by atoms with Gasteiger partial charge in [-0.1, -0.05) is 12.1 Å². The highest BCUT2D eigenvalue weighted by molar-refractivity contribution is 7.98. The molecule has 6 heteroatoms. The summed E-state index contributed by atoms with van der Waals surface area (Å²) in [5.74, 6) is -0.357. The van der Waals surface area contributed by atoms with E-state index in [2.05, 4.69) is 5.32 Å². The van der Waals surface area contributed by atoms with Gasteiger partial charge in [0.05, 0.1) is 5.60 Å². The molecule has 19 heavy (non-hydrogen) atoms. The third-order valence-corrected chi connectivity index (χ3v) is 3.23.